The molecule has 1 aromatic heterocycles. The Balaban J connectivity index is 2.19. The summed E-state index contributed by atoms with van der Waals surface area (Å²) in [5.41, 5.74) is 2.08. The van der Waals surface area contributed by atoms with E-state index in [1.54, 1.807) is 36.7 Å². The molecule has 25 heavy (non-hydrogen) atoms. The largest absolute Gasteiger partial charge is 0.495 e. The van der Waals surface area contributed by atoms with Gasteiger partial charge in [0.1, 0.15) is 12.3 Å². The van der Waals surface area contributed by atoms with Gasteiger partial charge in [-0.2, -0.15) is 0 Å². The number of ether oxygens (including phenoxy) is 1. The van der Waals surface area contributed by atoms with Crippen molar-refractivity contribution in [3.05, 3.63) is 53.9 Å². The fourth-order valence-electron chi connectivity index (χ4n) is 2.26. The van der Waals surface area contributed by atoms with Gasteiger partial charge in [0.25, 0.3) is 0 Å². The number of rotatable bonds is 7. The zero-order valence-corrected chi connectivity index (χ0v) is 15.2. The van der Waals surface area contributed by atoms with Crippen LogP contribution >= 0.6 is 0 Å². The molecule has 0 saturated heterocycles. The minimum Gasteiger partial charge on any atom is -0.495 e. The number of amides is 1. The smallest absolute Gasteiger partial charge is 0.241 e. The van der Waals surface area contributed by atoms with Crippen LogP contribution in [0.2, 0.25) is 0 Å². The van der Waals surface area contributed by atoms with E-state index in [2.05, 4.69) is 10.3 Å². The van der Waals surface area contributed by atoms with Crippen LogP contribution < -0.4 is 14.4 Å². The molecule has 2 rings (SSSR count). The molecule has 1 amide bonds. The van der Waals surface area contributed by atoms with Crippen LogP contribution in [-0.2, 0) is 21.4 Å². The molecule has 0 aliphatic carbocycles. The van der Waals surface area contributed by atoms with Crippen molar-refractivity contribution in [2.75, 3.05) is 24.2 Å². The first-order chi connectivity index (χ1) is 11.8. The van der Waals surface area contributed by atoms with Crippen LogP contribution in [0, 0.1) is 6.92 Å². The third-order valence-electron chi connectivity index (χ3n) is 3.53. The van der Waals surface area contributed by atoms with Crippen molar-refractivity contribution in [3.8, 4) is 5.75 Å². The molecular weight excluding hydrogens is 342 g/mol. The zero-order chi connectivity index (χ0) is 18.4. The number of hydrogen-bond donors (Lipinski definition) is 1. The van der Waals surface area contributed by atoms with Crippen molar-refractivity contribution in [1.82, 2.24) is 10.3 Å². The first-order valence-corrected chi connectivity index (χ1v) is 9.44. The molecule has 2 aromatic rings. The molecule has 0 fully saturated rings. The Kier molecular flexibility index (Phi) is 5.97. The van der Waals surface area contributed by atoms with Gasteiger partial charge in [-0.3, -0.25) is 14.1 Å². The topological polar surface area (TPSA) is 88.6 Å². The number of aryl methyl sites for hydroxylation is 1. The SMILES string of the molecule is COc1ccc(C)cc1N(CC(=O)NCc1ccncc1)S(C)(=O)=O. The van der Waals surface area contributed by atoms with Gasteiger partial charge in [-0.15, -0.1) is 0 Å². The van der Waals surface area contributed by atoms with Crippen molar-refractivity contribution in [3.63, 3.8) is 0 Å². The summed E-state index contributed by atoms with van der Waals surface area (Å²) in [4.78, 5) is 16.2. The molecule has 0 atom stereocenters. The van der Waals surface area contributed by atoms with Crippen LogP contribution in [0.3, 0.4) is 0 Å². The van der Waals surface area contributed by atoms with E-state index in [0.717, 1.165) is 21.7 Å². The molecule has 7 nitrogen and oxygen atoms in total. The van der Waals surface area contributed by atoms with Crippen molar-refractivity contribution in [1.29, 1.82) is 0 Å². The molecule has 0 bridgehead atoms. The quantitative estimate of drug-likeness (QED) is 0.805. The summed E-state index contributed by atoms with van der Waals surface area (Å²) in [5.74, 6) is -0.0243. The fraction of sp³-hybridized carbons (Fsp3) is 0.294. The molecular formula is C17H21N3O4S. The number of sulfonamides is 1. The molecule has 8 heteroatoms. The van der Waals surface area contributed by atoms with Crippen molar-refractivity contribution < 1.29 is 17.9 Å². The highest BCUT2D eigenvalue weighted by atomic mass is 32.2. The Morgan fingerprint density at radius 1 is 1.24 bits per heavy atom. The highest BCUT2D eigenvalue weighted by Gasteiger charge is 2.24. The number of carbonyl (C=O) groups excluding carboxylic acids is 1. The van der Waals surface area contributed by atoms with Gasteiger partial charge in [-0.05, 0) is 42.3 Å². The summed E-state index contributed by atoms with van der Waals surface area (Å²) in [6.07, 6.45) is 4.31. The third-order valence-corrected chi connectivity index (χ3v) is 4.66. The average Bonchev–Trinajstić information content (AvgIpc) is 2.57. The van der Waals surface area contributed by atoms with Gasteiger partial charge in [-0.25, -0.2) is 8.42 Å². The summed E-state index contributed by atoms with van der Waals surface area (Å²) in [7, 11) is -2.21. The van der Waals surface area contributed by atoms with E-state index in [1.165, 1.54) is 7.11 Å². The molecule has 1 aromatic carbocycles. The second-order valence-corrected chi connectivity index (χ2v) is 7.48. The summed E-state index contributed by atoms with van der Waals surface area (Å²) >= 11 is 0. The first kappa shape index (κ1) is 18.7. The monoisotopic (exact) mass is 363 g/mol. The Hall–Kier alpha value is -2.61. The number of aromatic nitrogens is 1. The number of nitrogens with zero attached hydrogens (tertiary/aromatic N) is 2. The minimum atomic E-state index is -3.66. The third kappa shape index (κ3) is 5.18. The number of benzene rings is 1. The second kappa shape index (κ2) is 7.98. The summed E-state index contributed by atoms with van der Waals surface area (Å²) < 4.78 is 30.7. The van der Waals surface area contributed by atoms with Crippen molar-refractivity contribution in [2.45, 2.75) is 13.5 Å². The number of nitrogens with one attached hydrogen (secondary N) is 1. The predicted octanol–water partition coefficient (Wildman–Crippen LogP) is 1.48. The molecule has 0 saturated carbocycles. The van der Waals surface area contributed by atoms with Gasteiger partial charge in [0.2, 0.25) is 15.9 Å². The molecule has 0 aliphatic heterocycles. The fourth-order valence-corrected chi connectivity index (χ4v) is 3.12. The van der Waals surface area contributed by atoms with E-state index < -0.39 is 15.9 Å². The Morgan fingerprint density at radius 2 is 1.92 bits per heavy atom. The lowest BCUT2D eigenvalue weighted by molar-refractivity contribution is -0.119. The Morgan fingerprint density at radius 3 is 2.52 bits per heavy atom. The van der Waals surface area contributed by atoms with Gasteiger partial charge in [-0.1, -0.05) is 6.07 Å². The van der Waals surface area contributed by atoms with Crippen LogP contribution in [0.1, 0.15) is 11.1 Å². The standard InChI is InChI=1S/C17H21N3O4S/c1-13-4-5-16(24-2)15(10-13)20(25(3,22)23)12-17(21)19-11-14-6-8-18-9-7-14/h4-10H,11-12H2,1-3H3,(H,19,21). The molecule has 0 aliphatic rings. The first-order valence-electron chi connectivity index (χ1n) is 7.59. The van der Waals surface area contributed by atoms with Gasteiger partial charge < -0.3 is 10.1 Å². The number of anilines is 1. The second-order valence-electron chi connectivity index (χ2n) is 5.58. The van der Waals surface area contributed by atoms with Gasteiger partial charge in [0.15, 0.2) is 0 Å². The van der Waals surface area contributed by atoms with Crippen LogP contribution in [0.5, 0.6) is 5.75 Å². The lowest BCUT2D eigenvalue weighted by Gasteiger charge is -2.24. The summed E-state index contributed by atoms with van der Waals surface area (Å²) in [6.45, 7) is 1.81. The maximum Gasteiger partial charge on any atom is 0.241 e. The van der Waals surface area contributed by atoms with Gasteiger partial charge >= 0.3 is 0 Å². The molecule has 0 radical (unpaired) electrons. The van der Waals surface area contributed by atoms with Crippen molar-refractivity contribution >= 4 is 21.6 Å². The van der Waals surface area contributed by atoms with Crippen molar-refractivity contribution in [2.24, 2.45) is 0 Å². The lowest BCUT2D eigenvalue weighted by Crippen LogP contribution is -2.40. The number of methoxy groups -OCH3 is 1. The molecule has 0 spiro atoms. The number of pyridine rings is 1. The summed E-state index contributed by atoms with van der Waals surface area (Å²) in [5, 5.41) is 2.71. The highest BCUT2D eigenvalue weighted by Crippen LogP contribution is 2.30. The van der Waals surface area contributed by atoms with Gasteiger partial charge in [0, 0.05) is 18.9 Å². The van der Waals surface area contributed by atoms with E-state index in [0.29, 0.717) is 18.0 Å². The van der Waals surface area contributed by atoms with E-state index in [-0.39, 0.29) is 6.54 Å². The Bertz CT molecular complexity index is 838. The van der Waals surface area contributed by atoms with Crippen LogP contribution in [-0.4, -0.2) is 39.2 Å². The zero-order valence-electron chi connectivity index (χ0n) is 14.4. The van der Waals surface area contributed by atoms with E-state index >= 15 is 0 Å². The van der Waals surface area contributed by atoms with Crippen LogP contribution in [0.15, 0.2) is 42.7 Å². The van der Waals surface area contributed by atoms with Crippen LogP contribution in [0.4, 0.5) is 5.69 Å². The molecule has 0 unspecified atom stereocenters. The maximum atomic E-state index is 12.3. The molecule has 1 heterocycles. The highest BCUT2D eigenvalue weighted by molar-refractivity contribution is 7.92. The average molecular weight is 363 g/mol. The van der Waals surface area contributed by atoms with E-state index in [4.69, 9.17) is 4.74 Å². The molecule has 134 valence electrons. The number of hydrogen-bond acceptors (Lipinski definition) is 5. The normalized spacial score (nSPS) is 11.0. The van der Waals surface area contributed by atoms with E-state index in [1.807, 2.05) is 13.0 Å². The Labute approximate surface area is 147 Å². The predicted molar refractivity (Wildman–Crippen MR) is 96.0 cm³/mol. The van der Waals surface area contributed by atoms with Crippen LogP contribution in [0.25, 0.3) is 0 Å². The molecule has 1 N–H and O–H groups in total. The van der Waals surface area contributed by atoms with E-state index in [9.17, 15) is 13.2 Å². The lowest BCUT2D eigenvalue weighted by atomic mass is 10.2. The minimum absolute atomic E-state index is 0.296. The number of carbonyl (C=O) groups is 1. The summed E-state index contributed by atoms with van der Waals surface area (Å²) in [6, 6.07) is 8.72. The van der Waals surface area contributed by atoms with Gasteiger partial charge in [0.05, 0.1) is 19.1 Å². The maximum absolute atomic E-state index is 12.3.